The van der Waals surface area contributed by atoms with Crippen molar-refractivity contribution in [2.24, 2.45) is 0 Å². The van der Waals surface area contributed by atoms with Gasteiger partial charge in [0.05, 0.1) is 7.11 Å². The molecule has 0 spiro atoms. The summed E-state index contributed by atoms with van der Waals surface area (Å²) in [5.41, 5.74) is 0.708. The molecule has 3 aromatic rings. The fourth-order valence-electron chi connectivity index (χ4n) is 2.41. The molecule has 2 N–H and O–H groups in total. The lowest BCUT2D eigenvalue weighted by Crippen LogP contribution is -2.20. The number of amides is 1. The molecule has 6 nitrogen and oxygen atoms in total. The van der Waals surface area contributed by atoms with Gasteiger partial charge in [-0.3, -0.25) is 9.59 Å². The maximum absolute atomic E-state index is 13.2. The van der Waals surface area contributed by atoms with Crippen molar-refractivity contribution >= 4 is 11.6 Å². The summed E-state index contributed by atoms with van der Waals surface area (Å²) >= 11 is 0. The van der Waals surface area contributed by atoms with Gasteiger partial charge in [0, 0.05) is 18.2 Å². The van der Waals surface area contributed by atoms with Crippen LogP contribution in [-0.4, -0.2) is 23.0 Å². The maximum atomic E-state index is 13.2. The van der Waals surface area contributed by atoms with Crippen LogP contribution in [0.25, 0.3) is 0 Å². The van der Waals surface area contributed by atoms with Gasteiger partial charge in [-0.1, -0.05) is 18.2 Å². The first-order valence-corrected chi connectivity index (χ1v) is 7.83. The van der Waals surface area contributed by atoms with E-state index in [1.54, 1.807) is 25.3 Å². The van der Waals surface area contributed by atoms with Crippen LogP contribution in [0.3, 0.4) is 0 Å². The predicted octanol–water partition coefficient (Wildman–Crippen LogP) is 2.76. The minimum Gasteiger partial charge on any atom is -0.497 e. The van der Waals surface area contributed by atoms with E-state index in [0.717, 1.165) is 17.4 Å². The van der Waals surface area contributed by atoms with Gasteiger partial charge >= 0.3 is 0 Å². The highest BCUT2D eigenvalue weighted by Crippen LogP contribution is 2.14. The van der Waals surface area contributed by atoms with Gasteiger partial charge in [0.2, 0.25) is 0 Å². The first-order valence-electron chi connectivity index (χ1n) is 7.83. The second-order valence-electron chi connectivity index (χ2n) is 5.57. The van der Waals surface area contributed by atoms with Gasteiger partial charge in [0.15, 0.2) is 0 Å². The molecule has 0 bridgehead atoms. The predicted molar refractivity (Wildman–Crippen MR) is 95.0 cm³/mol. The van der Waals surface area contributed by atoms with Gasteiger partial charge in [-0.2, -0.15) is 0 Å². The number of rotatable bonds is 5. The number of aromatic amines is 1. The van der Waals surface area contributed by atoms with E-state index >= 15 is 0 Å². The first kappa shape index (κ1) is 17.3. The largest absolute Gasteiger partial charge is 0.497 e. The van der Waals surface area contributed by atoms with Crippen molar-refractivity contribution in [1.82, 2.24) is 9.97 Å². The van der Waals surface area contributed by atoms with E-state index in [4.69, 9.17) is 4.74 Å². The highest BCUT2D eigenvalue weighted by Gasteiger charge is 2.11. The van der Waals surface area contributed by atoms with Gasteiger partial charge in [-0.15, -0.1) is 0 Å². The Labute approximate surface area is 148 Å². The lowest BCUT2D eigenvalue weighted by Gasteiger charge is -2.07. The number of carbonyl (C=O) groups excluding carboxylic acids is 1. The van der Waals surface area contributed by atoms with Crippen LogP contribution < -0.4 is 15.6 Å². The van der Waals surface area contributed by atoms with Crippen LogP contribution in [-0.2, 0) is 6.42 Å². The minimum atomic E-state index is -0.585. The molecule has 0 saturated heterocycles. The number of H-pyrrole nitrogens is 1. The molecule has 132 valence electrons. The van der Waals surface area contributed by atoms with Crippen molar-refractivity contribution in [2.45, 2.75) is 6.42 Å². The monoisotopic (exact) mass is 353 g/mol. The van der Waals surface area contributed by atoms with E-state index in [1.807, 2.05) is 12.1 Å². The number of nitrogens with one attached hydrogen (secondary N) is 2. The normalized spacial score (nSPS) is 10.4. The molecule has 0 fully saturated rings. The average molecular weight is 353 g/mol. The quantitative estimate of drug-likeness (QED) is 0.739. The van der Waals surface area contributed by atoms with Crippen LogP contribution >= 0.6 is 0 Å². The molecule has 0 aliphatic carbocycles. The molecule has 0 aliphatic rings. The zero-order chi connectivity index (χ0) is 18.5. The number of nitrogens with zero attached hydrogens (tertiary/aromatic N) is 1. The number of ether oxygens (including phenoxy) is 1. The third-order valence-electron chi connectivity index (χ3n) is 3.64. The van der Waals surface area contributed by atoms with E-state index in [9.17, 15) is 14.0 Å². The summed E-state index contributed by atoms with van der Waals surface area (Å²) in [6, 6.07) is 13.9. The SMILES string of the molecule is COc1ccc(Cc2nc(C(=O)Nc3cccc(F)c3)cc(=O)[nH]2)cc1. The van der Waals surface area contributed by atoms with E-state index < -0.39 is 17.3 Å². The molecule has 3 rings (SSSR count). The third-order valence-corrected chi connectivity index (χ3v) is 3.64. The molecule has 26 heavy (non-hydrogen) atoms. The van der Waals surface area contributed by atoms with Crippen molar-refractivity contribution in [3.63, 3.8) is 0 Å². The molecule has 0 radical (unpaired) electrons. The van der Waals surface area contributed by atoms with Gasteiger partial charge in [-0.25, -0.2) is 9.37 Å². The summed E-state index contributed by atoms with van der Waals surface area (Å²) < 4.78 is 18.3. The molecule has 1 amide bonds. The average Bonchev–Trinajstić information content (AvgIpc) is 2.62. The second kappa shape index (κ2) is 7.60. The molecule has 1 aromatic heterocycles. The Morgan fingerprint density at radius 2 is 1.96 bits per heavy atom. The Morgan fingerprint density at radius 3 is 2.65 bits per heavy atom. The number of hydrogen-bond donors (Lipinski definition) is 2. The minimum absolute atomic E-state index is 0.0403. The van der Waals surface area contributed by atoms with Crippen LogP contribution in [0.4, 0.5) is 10.1 Å². The van der Waals surface area contributed by atoms with Crippen LogP contribution in [0.5, 0.6) is 5.75 Å². The van der Waals surface area contributed by atoms with Crippen molar-refractivity contribution in [3.05, 3.63) is 87.9 Å². The molecule has 0 unspecified atom stereocenters. The molecule has 0 saturated carbocycles. The van der Waals surface area contributed by atoms with Crippen molar-refractivity contribution in [2.75, 3.05) is 12.4 Å². The van der Waals surface area contributed by atoms with Gasteiger partial charge in [0.25, 0.3) is 11.5 Å². The Hall–Kier alpha value is -3.48. The lowest BCUT2D eigenvalue weighted by atomic mass is 10.1. The lowest BCUT2D eigenvalue weighted by molar-refractivity contribution is 0.102. The van der Waals surface area contributed by atoms with E-state index in [0.29, 0.717) is 12.2 Å². The number of carbonyl (C=O) groups is 1. The zero-order valence-corrected chi connectivity index (χ0v) is 14.0. The number of halogens is 1. The summed E-state index contributed by atoms with van der Waals surface area (Å²) in [6.45, 7) is 0. The summed E-state index contributed by atoms with van der Waals surface area (Å²) in [5, 5.41) is 2.52. The molecular weight excluding hydrogens is 337 g/mol. The van der Waals surface area contributed by atoms with E-state index in [-0.39, 0.29) is 11.4 Å². The first-order chi connectivity index (χ1) is 12.5. The van der Waals surface area contributed by atoms with Crippen LogP contribution in [0, 0.1) is 5.82 Å². The summed E-state index contributed by atoms with van der Waals surface area (Å²) in [7, 11) is 1.58. The van der Waals surface area contributed by atoms with Gasteiger partial charge in [-0.05, 0) is 35.9 Å². The Kier molecular flexibility index (Phi) is 5.07. The number of hydrogen-bond acceptors (Lipinski definition) is 4. The van der Waals surface area contributed by atoms with Gasteiger partial charge < -0.3 is 15.0 Å². The molecule has 7 heteroatoms. The van der Waals surface area contributed by atoms with Crippen molar-refractivity contribution in [3.8, 4) is 5.75 Å². The van der Waals surface area contributed by atoms with E-state index in [1.165, 1.54) is 18.2 Å². The molecule has 2 aromatic carbocycles. The van der Waals surface area contributed by atoms with Crippen molar-refractivity contribution < 1.29 is 13.9 Å². The Bertz CT molecular complexity index is 984. The smallest absolute Gasteiger partial charge is 0.274 e. The fourth-order valence-corrected chi connectivity index (χ4v) is 2.41. The second-order valence-corrected chi connectivity index (χ2v) is 5.57. The zero-order valence-electron chi connectivity index (χ0n) is 14.0. The molecule has 0 aliphatic heterocycles. The molecule has 1 heterocycles. The number of benzene rings is 2. The number of anilines is 1. The highest BCUT2D eigenvalue weighted by molar-refractivity contribution is 6.02. The third kappa shape index (κ3) is 4.32. The van der Waals surface area contributed by atoms with Crippen LogP contribution in [0.1, 0.15) is 21.9 Å². The van der Waals surface area contributed by atoms with Crippen molar-refractivity contribution in [1.29, 1.82) is 0 Å². The highest BCUT2D eigenvalue weighted by atomic mass is 19.1. The van der Waals surface area contributed by atoms with Gasteiger partial charge in [0.1, 0.15) is 23.1 Å². The molecule has 0 atom stereocenters. The number of aromatic nitrogens is 2. The summed E-state index contributed by atoms with van der Waals surface area (Å²) in [4.78, 5) is 31.0. The van der Waals surface area contributed by atoms with Crippen LogP contribution in [0.15, 0.2) is 59.4 Å². The fraction of sp³-hybridized carbons (Fsp3) is 0.105. The maximum Gasteiger partial charge on any atom is 0.274 e. The summed E-state index contributed by atoms with van der Waals surface area (Å²) in [5.74, 6) is 0.0185. The Balaban J connectivity index is 1.80. The topological polar surface area (TPSA) is 84.1 Å². The standard InChI is InChI=1S/C19H16FN3O3/c1-26-15-7-5-12(6-8-15)9-17-22-16(11-18(24)23-17)19(25)21-14-4-2-3-13(20)10-14/h2-8,10-11H,9H2,1H3,(H,21,25)(H,22,23,24). The summed E-state index contributed by atoms with van der Waals surface area (Å²) in [6.07, 6.45) is 0.348. The van der Waals surface area contributed by atoms with Crippen LogP contribution in [0.2, 0.25) is 0 Å². The Morgan fingerprint density at radius 1 is 1.19 bits per heavy atom. The molecular formula is C19H16FN3O3. The van der Waals surface area contributed by atoms with E-state index in [2.05, 4.69) is 15.3 Å². The number of methoxy groups -OCH3 is 1.